The number of anilines is 2. The van der Waals surface area contributed by atoms with Gasteiger partial charge in [0.25, 0.3) is 5.56 Å². The second-order valence-corrected chi connectivity index (χ2v) is 9.79. The highest BCUT2D eigenvalue weighted by Crippen LogP contribution is 2.23. The van der Waals surface area contributed by atoms with E-state index in [4.69, 9.17) is 27.9 Å². The third-order valence-electron chi connectivity index (χ3n) is 4.85. The van der Waals surface area contributed by atoms with Gasteiger partial charge in [0.15, 0.2) is 0 Å². The number of H-pyrrole nitrogens is 1. The molecule has 0 bridgehead atoms. The first kappa shape index (κ1) is 22.7. The first-order chi connectivity index (χ1) is 15.3. The zero-order valence-corrected chi connectivity index (χ0v) is 19.0. The molecule has 9 nitrogen and oxygen atoms in total. The van der Waals surface area contributed by atoms with Crippen LogP contribution in [-0.2, 0) is 21.2 Å². The summed E-state index contributed by atoms with van der Waals surface area (Å²) < 4.78 is 32.0. The van der Waals surface area contributed by atoms with Gasteiger partial charge in [-0.1, -0.05) is 29.3 Å². The molecular formula is C20H19Cl2N5O4S. The molecule has 1 saturated heterocycles. The zero-order chi connectivity index (χ0) is 22.7. The summed E-state index contributed by atoms with van der Waals surface area (Å²) in [7, 11) is -3.58. The fraction of sp³-hybridized carbons (Fsp3) is 0.250. The summed E-state index contributed by atoms with van der Waals surface area (Å²) in [4.78, 5) is 15.2. The van der Waals surface area contributed by atoms with Gasteiger partial charge in [-0.05, 0) is 42.0 Å². The molecule has 168 valence electrons. The molecule has 0 saturated carbocycles. The molecule has 2 N–H and O–H groups in total. The van der Waals surface area contributed by atoms with E-state index in [2.05, 4.69) is 20.5 Å². The minimum Gasteiger partial charge on any atom is -0.379 e. The summed E-state index contributed by atoms with van der Waals surface area (Å²) in [6.07, 6.45) is 0.244. The highest BCUT2D eigenvalue weighted by Gasteiger charge is 2.26. The first-order valence-corrected chi connectivity index (χ1v) is 11.9. The maximum atomic E-state index is 12.7. The van der Waals surface area contributed by atoms with Crippen molar-refractivity contribution in [1.82, 2.24) is 19.5 Å². The van der Waals surface area contributed by atoms with Crippen molar-refractivity contribution in [2.75, 3.05) is 31.6 Å². The van der Waals surface area contributed by atoms with E-state index >= 15 is 0 Å². The van der Waals surface area contributed by atoms with Crippen LogP contribution in [0.3, 0.4) is 0 Å². The molecule has 0 atom stereocenters. The van der Waals surface area contributed by atoms with Crippen molar-refractivity contribution in [3.8, 4) is 0 Å². The lowest BCUT2D eigenvalue weighted by Gasteiger charge is -2.26. The van der Waals surface area contributed by atoms with E-state index in [0.717, 1.165) is 5.56 Å². The molecule has 1 fully saturated rings. The summed E-state index contributed by atoms with van der Waals surface area (Å²) in [6, 6.07) is 11.3. The topological polar surface area (TPSA) is 117 Å². The smallest absolute Gasteiger partial charge is 0.274 e. The maximum absolute atomic E-state index is 12.7. The van der Waals surface area contributed by atoms with E-state index in [1.165, 1.54) is 16.4 Å². The molecule has 1 aromatic heterocycles. The van der Waals surface area contributed by atoms with Crippen molar-refractivity contribution in [1.29, 1.82) is 0 Å². The van der Waals surface area contributed by atoms with E-state index in [0.29, 0.717) is 42.0 Å². The lowest BCUT2D eigenvalue weighted by Crippen LogP contribution is -2.40. The van der Waals surface area contributed by atoms with E-state index in [1.807, 2.05) is 0 Å². The molecule has 2 aromatic carbocycles. The maximum Gasteiger partial charge on any atom is 0.274 e. The lowest BCUT2D eigenvalue weighted by atomic mass is 10.1. The van der Waals surface area contributed by atoms with Crippen LogP contribution in [-0.4, -0.2) is 54.2 Å². The molecule has 1 aliphatic rings. The molecule has 2 heterocycles. The monoisotopic (exact) mass is 495 g/mol. The number of nitrogens with one attached hydrogen (secondary N) is 2. The Morgan fingerprint density at radius 3 is 2.41 bits per heavy atom. The third-order valence-corrected chi connectivity index (χ3v) is 7.50. The minimum absolute atomic E-state index is 0.136. The molecule has 0 unspecified atom stereocenters. The second kappa shape index (κ2) is 9.55. The average Bonchev–Trinajstić information content (AvgIpc) is 2.79. The van der Waals surface area contributed by atoms with E-state index in [9.17, 15) is 13.2 Å². The van der Waals surface area contributed by atoms with Crippen LogP contribution in [0.15, 0.2) is 52.2 Å². The first-order valence-electron chi connectivity index (χ1n) is 9.68. The number of nitrogens with zero attached hydrogens (tertiary/aromatic N) is 3. The van der Waals surface area contributed by atoms with Gasteiger partial charge in [0, 0.05) is 25.2 Å². The third kappa shape index (κ3) is 5.11. The number of halogens is 2. The number of sulfonamides is 1. The Bertz CT molecular complexity index is 1280. The second-order valence-electron chi connectivity index (χ2n) is 7.04. The lowest BCUT2D eigenvalue weighted by molar-refractivity contribution is 0.0730. The summed E-state index contributed by atoms with van der Waals surface area (Å²) in [5.74, 6) is 0.136. The number of hydrogen-bond acceptors (Lipinski definition) is 7. The van der Waals surface area contributed by atoms with Crippen molar-refractivity contribution >= 4 is 44.9 Å². The number of hydrogen-bond donors (Lipinski definition) is 2. The van der Waals surface area contributed by atoms with Crippen LogP contribution in [0.1, 0.15) is 11.3 Å². The highest BCUT2D eigenvalue weighted by molar-refractivity contribution is 7.89. The van der Waals surface area contributed by atoms with Crippen LogP contribution in [0.2, 0.25) is 10.0 Å². The minimum atomic E-state index is -3.58. The van der Waals surface area contributed by atoms with Crippen LogP contribution in [0.4, 0.5) is 11.6 Å². The number of aromatic amines is 1. The van der Waals surface area contributed by atoms with Gasteiger partial charge in [-0.3, -0.25) is 9.78 Å². The molecule has 0 amide bonds. The summed E-state index contributed by atoms with van der Waals surface area (Å²) in [5.41, 5.74) is 1.14. The Kier molecular flexibility index (Phi) is 6.77. The summed E-state index contributed by atoms with van der Waals surface area (Å²) in [6.45, 7) is 1.42. The molecule has 32 heavy (non-hydrogen) atoms. The normalized spacial score (nSPS) is 14.9. The van der Waals surface area contributed by atoms with E-state index < -0.39 is 15.6 Å². The van der Waals surface area contributed by atoms with Crippen LogP contribution >= 0.6 is 23.2 Å². The van der Waals surface area contributed by atoms with Gasteiger partial charge in [0.05, 0.1) is 28.2 Å². The van der Waals surface area contributed by atoms with Crippen LogP contribution in [0.25, 0.3) is 0 Å². The van der Waals surface area contributed by atoms with Crippen molar-refractivity contribution in [3.05, 3.63) is 74.1 Å². The molecule has 0 aliphatic carbocycles. The van der Waals surface area contributed by atoms with Crippen LogP contribution in [0.5, 0.6) is 0 Å². The Morgan fingerprint density at radius 2 is 1.75 bits per heavy atom. The van der Waals surface area contributed by atoms with Gasteiger partial charge in [-0.25, -0.2) is 8.42 Å². The van der Waals surface area contributed by atoms with Crippen molar-refractivity contribution < 1.29 is 13.2 Å². The van der Waals surface area contributed by atoms with Crippen molar-refractivity contribution in [2.24, 2.45) is 0 Å². The van der Waals surface area contributed by atoms with E-state index in [1.54, 1.807) is 30.3 Å². The number of rotatable bonds is 6. The van der Waals surface area contributed by atoms with Gasteiger partial charge in [-0.2, -0.15) is 4.31 Å². The quantitative estimate of drug-likeness (QED) is 0.539. The fourth-order valence-electron chi connectivity index (χ4n) is 3.16. The van der Waals surface area contributed by atoms with Gasteiger partial charge >= 0.3 is 0 Å². The Balaban J connectivity index is 1.45. The summed E-state index contributed by atoms with van der Waals surface area (Å²) >= 11 is 11.9. The molecule has 0 spiro atoms. The highest BCUT2D eigenvalue weighted by atomic mass is 35.5. The largest absolute Gasteiger partial charge is 0.379 e. The fourth-order valence-corrected chi connectivity index (χ4v) is 4.89. The molecule has 3 aromatic rings. The summed E-state index contributed by atoms with van der Waals surface area (Å²) in [5, 5.41) is 11.7. The number of aromatic nitrogens is 3. The number of benzene rings is 2. The zero-order valence-electron chi connectivity index (χ0n) is 16.7. The van der Waals surface area contributed by atoms with Crippen LogP contribution < -0.4 is 10.9 Å². The average molecular weight is 496 g/mol. The Morgan fingerprint density at radius 1 is 1.03 bits per heavy atom. The van der Waals surface area contributed by atoms with Gasteiger partial charge in [0.1, 0.15) is 5.69 Å². The van der Waals surface area contributed by atoms with Crippen molar-refractivity contribution in [3.63, 3.8) is 0 Å². The number of ether oxygens (including phenoxy) is 1. The number of morpholine rings is 1. The van der Waals surface area contributed by atoms with Gasteiger partial charge in [-0.15, -0.1) is 10.2 Å². The molecular weight excluding hydrogens is 477 g/mol. The predicted octanol–water partition coefficient (Wildman–Crippen LogP) is 2.83. The molecule has 4 rings (SSSR count). The van der Waals surface area contributed by atoms with Gasteiger partial charge in [0.2, 0.25) is 16.0 Å². The standard InChI is InChI=1S/C20H19Cl2N5O4S/c21-16-6-1-13(11-17(16)22)12-18-19(28)24-20(26-25-18)23-14-2-4-15(5-3-14)32(29,30)27-7-9-31-10-8-27/h1-6,11H,7-10,12H2,(H2,23,24,26,28). The molecule has 0 radical (unpaired) electrons. The molecule has 1 aliphatic heterocycles. The molecule has 12 heteroatoms. The Labute approximate surface area is 194 Å². The van der Waals surface area contributed by atoms with E-state index in [-0.39, 0.29) is 23.0 Å². The van der Waals surface area contributed by atoms with Gasteiger partial charge < -0.3 is 10.1 Å². The predicted molar refractivity (Wildman–Crippen MR) is 121 cm³/mol. The van der Waals surface area contributed by atoms with Crippen LogP contribution in [0, 0.1) is 0 Å². The SMILES string of the molecule is O=c1[nH]c(Nc2ccc(S(=O)(=O)N3CCOCC3)cc2)nnc1Cc1ccc(Cl)c(Cl)c1. The van der Waals surface area contributed by atoms with Crippen molar-refractivity contribution in [2.45, 2.75) is 11.3 Å². The Hall–Kier alpha value is -2.50.